The third kappa shape index (κ3) is 1.24. The number of hydrogen-bond acceptors (Lipinski definition) is 5. The largest absolute Gasteiger partial charge is 0.367 e. The standard InChI is InChI=1S/C7H12N4S/c1-11(5-3-2-4-5)7-9-6(8)10-12-7/h5H,2-4H2,1H3,(H2,8,10). The summed E-state index contributed by atoms with van der Waals surface area (Å²) in [6.45, 7) is 0. The molecule has 12 heavy (non-hydrogen) atoms. The van der Waals surface area contributed by atoms with Crippen LogP contribution in [-0.4, -0.2) is 22.4 Å². The van der Waals surface area contributed by atoms with Gasteiger partial charge in [0.1, 0.15) is 0 Å². The van der Waals surface area contributed by atoms with Gasteiger partial charge >= 0.3 is 0 Å². The Bertz CT molecular complexity index is 268. The molecule has 1 heterocycles. The van der Waals surface area contributed by atoms with Crippen LogP contribution in [0.1, 0.15) is 19.3 Å². The fourth-order valence-corrected chi connectivity index (χ4v) is 1.93. The van der Waals surface area contributed by atoms with Crippen LogP contribution in [0.25, 0.3) is 0 Å². The van der Waals surface area contributed by atoms with Crippen LogP contribution in [0, 0.1) is 0 Å². The minimum Gasteiger partial charge on any atom is -0.367 e. The zero-order chi connectivity index (χ0) is 8.55. The molecular weight excluding hydrogens is 172 g/mol. The number of nitrogen functional groups attached to an aromatic ring is 1. The van der Waals surface area contributed by atoms with Crippen LogP contribution in [0.2, 0.25) is 0 Å². The van der Waals surface area contributed by atoms with Gasteiger partial charge < -0.3 is 10.6 Å². The van der Waals surface area contributed by atoms with Crippen LogP contribution in [0.3, 0.4) is 0 Å². The van der Waals surface area contributed by atoms with Crippen LogP contribution >= 0.6 is 11.5 Å². The number of aromatic nitrogens is 2. The van der Waals surface area contributed by atoms with Crippen molar-refractivity contribution in [3.05, 3.63) is 0 Å². The molecule has 0 unspecified atom stereocenters. The molecule has 0 aliphatic heterocycles. The van der Waals surface area contributed by atoms with Gasteiger partial charge in [-0.05, 0) is 19.3 Å². The smallest absolute Gasteiger partial charge is 0.233 e. The molecule has 0 bridgehead atoms. The molecule has 2 N–H and O–H groups in total. The van der Waals surface area contributed by atoms with Gasteiger partial charge in [-0.2, -0.15) is 9.36 Å². The van der Waals surface area contributed by atoms with Crippen molar-refractivity contribution in [2.24, 2.45) is 0 Å². The van der Waals surface area contributed by atoms with Crippen LogP contribution in [0.15, 0.2) is 0 Å². The normalized spacial score (nSPS) is 17.4. The Kier molecular flexibility index (Phi) is 1.88. The third-order valence-electron chi connectivity index (χ3n) is 2.36. The molecule has 2 rings (SSSR count). The van der Waals surface area contributed by atoms with E-state index < -0.39 is 0 Å². The first-order valence-corrected chi connectivity index (χ1v) is 4.87. The van der Waals surface area contributed by atoms with E-state index in [1.165, 1.54) is 30.8 Å². The van der Waals surface area contributed by atoms with Gasteiger partial charge in [0.05, 0.1) is 0 Å². The fraction of sp³-hybridized carbons (Fsp3) is 0.714. The zero-order valence-corrected chi connectivity index (χ0v) is 7.84. The summed E-state index contributed by atoms with van der Waals surface area (Å²) in [6, 6.07) is 0.664. The molecule has 1 saturated carbocycles. The zero-order valence-electron chi connectivity index (χ0n) is 7.03. The summed E-state index contributed by atoms with van der Waals surface area (Å²) in [5.74, 6) is 0.390. The van der Waals surface area contributed by atoms with Crippen LogP contribution in [-0.2, 0) is 0 Å². The lowest BCUT2D eigenvalue weighted by atomic mass is 9.92. The molecule has 1 aliphatic rings. The summed E-state index contributed by atoms with van der Waals surface area (Å²) in [7, 11) is 2.06. The molecule has 1 aromatic rings. The minimum absolute atomic E-state index is 0.390. The van der Waals surface area contributed by atoms with Gasteiger partial charge in [-0.3, -0.25) is 0 Å². The van der Waals surface area contributed by atoms with Gasteiger partial charge in [0.25, 0.3) is 0 Å². The third-order valence-corrected chi connectivity index (χ3v) is 3.18. The van der Waals surface area contributed by atoms with E-state index in [4.69, 9.17) is 5.73 Å². The number of hydrogen-bond donors (Lipinski definition) is 1. The summed E-state index contributed by atoms with van der Waals surface area (Å²) < 4.78 is 3.95. The molecule has 1 aromatic heterocycles. The molecule has 5 heteroatoms. The molecule has 66 valence electrons. The Morgan fingerprint density at radius 1 is 1.58 bits per heavy atom. The first-order chi connectivity index (χ1) is 5.77. The second-order valence-corrected chi connectivity index (χ2v) is 3.86. The van der Waals surface area contributed by atoms with Crippen molar-refractivity contribution in [2.75, 3.05) is 17.7 Å². The molecule has 0 aromatic carbocycles. The van der Waals surface area contributed by atoms with E-state index in [-0.39, 0.29) is 0 Å². The lowest BCUT2D eigenvalue weighted by molar-refractivity contribution is 0.401. The summed E-state index contributed by atoms with van der Waals surface area (Å²) in [5.41, 5.74) is 5.44. The number of nitrogens with zero attached hydrogens (tertiary/aromatic N) is 3. The van der Waals surface area contributed by atoms with Gasteiger partial charge in [-0.1, -0.05) is 0 Å². The first kappa shape index (κ1) is 7.79. The fourth-order valence-electron chi connectivity index (χ4n) is 1.30. The van der Waals surface area contributed by atoms with Crippen molar-refractivity contribution in [3.8, 4) is 0 Å². The monoisotopic (exact) mass is 184 g/mol. The minimum atomic E-state index is 0.390. The number of nitrogens with two attached hydrogens (primary N) is 1. The summed E-state index contributed by atoms with van der Waals surface area (Å²) in [6.07, 6.45) is 3.88. The summed E-state index contributed by atoms with van der Waals surface area (Å²) in [4.78, 5) is 6.30. The predicted octanol–water partition coefficient (Wildman–Crippen LogP) is 1.11. The molecule has 0 spiro atoms. The average Bonchev–Trinajstić information content (AvgIpc) is 2.31. The van der Waals surface area contributed by atoms with Gasteiger partial charge in [0.15, 0.2) is 0 Å². The summed E-state index contributed by atoms with van der Waals surface area (Å²) >= 11 is 1.38. The maximum atomic E-state index is 5.44. The van der Waals surface area contributed by atoms with E-state index in [1.807, 2.05) is 0 Å². The van der Waals surface area contributed by atoms with Crippen LogP contribution in [0.4, 0.5) is 11.1 Å². The lowest BCUT2D eigenvalue weighted by Crippen LogP contribution is -2.36. The van der Waals surface area contributed by atoms with Gasteiger partial charge in [0, 0.05) is 24.6 Å². The van der Waals surface area contributed by atoms with Gasteiger partial charge in [-0.25, -0.2) is 0 Å². The molecule has 0 amide bonds. The van der Waals surface area contributed by atoms with Gasteiger partial charge in [0.2, 0.25) is 11.1 Å². The second-order valence-electron chi connectivity index (χ2n) is 3.13. The number of anilines is 2. The molecule has 0 saturated heterocycles. The van der Waals surface area contributed by atoms with Gasteiger partial charge in [-0.15, -0.1) is 0 Å². The Balaban J connectivity index is 2.08. The highest BCUT2D eigenvalue weighted by Crippen LogP contribution is 2.29. The Morgan fingerprint density at radius 2 is 2.33 bits per heavy atom. The lowest BCUT2D eigenvalue weighted by Gasteiger charge is -2.34. The van der Waals surface area contributed by atoms with Crippen molar-refractivity contribution in [1.82, 2.24) is 9.36 Å². The van der Waals surface area contributed by atoms with Crippen LogP contribution < -0.4 is 10.6 Å². The Morgan fingerprint density at radius 3 is 2.75 bits per heavy atom. The van der Waals surface area contributed by atoms with E-state index in [0.29, 0.717) is 12.0 Å². The van der Waals surface area contributed by atoms with Crippen molar-refractivity contribution in [2.45, 2.75) is 25.3 Å². The second kappa shape index (κ2) is 2.90. The van der Waals surface area contributed by atoms with E-state index in [1.54, 1.807) is 0 Å². The molecule has 0 atom stereocenters. The summed E-state index contributed by atoms with van der Waals surface area (Å²) in [5, 5.41) is 0.942. The van der Waals surface area contributed by atoms with Crippen molar-refractivity contribution in [3.63, 3.8) is 0 Å². The molecule has 4 nitrogen and oxygen atoms in total. The maximum Gasteiger partial charge on any atom is 0.233 e. The van der Waals surface area contributed by atoms with Crippen LogP contribution in [0.5, 0.6) is 0 Å². The number of rotatable bonds is 2. The molecule has 1 fully saturated rings. The van der Waals surface area contributed by atoms with Crippen molar-refractivity contribution < 1.29 is 0 Å². The topological polar surface area (TPSA) is 55.0 Å². The highest BCUT2D eigenvalue weighted by molar-refractivity contribution is 7.09. The molecule has 0 radical (unpaired) electrons. The molecular formula is C7H12N4S. The van der Waals surface area contributed by atoms with Crippen molar-refractivity contribution in [1.29, 1.82) is 0 Å². The Labute approximate surface area is 75.6 Å². The highest BCUT2D eigenvalue weighted by Gasteiger charge is 2.24. The van der Waals surface area contributed by atoms with E-state index >= 15 is 0 Å². The van der Waals surface area contributed by atoms with E-state index in [2.05, 4.69) is 21.3 Å². The van der Waals surface area contributed by atoms with E-state index in [0.717, 1.165) is 5.13 Å². The highest BCUT2D eigenvalue weighted by atomic mass is 32.1. The quantitative estimate of drug-likeness (QED) is 0.748. The predicted molar refractivity (Wildman–Crippen MR) is 50.4 cm³/mol. The Hall–Kier alpha value is -0.840. The maximum absolute atomic E-state index is 5.44. The molecule has 1 aliphatic carbocycles. The SMILES string of the molecule is CN(c1nc(N)ns1)C1CCC1. The van der Waals surface area contributed by atoms with Crippen molar-refractivity contribution >= 4 is 22.6 Å². The van der Waals surface area contributed by atoms with E-state index in [9.17, 15) is 0 Å². The first-order valence-electron chi connectivity index (χ1n) is 4.09. The average molecular weight is 184 g/mol.